The van der Waals surface area contributed by atoms with Crippen molar-refractivity contribution in [2.24, 2.45) is 11.7 Å². The first-order valence-corrected chi connectivity index (χ1v) is 15.9. The zero-order valence-corrected chi connectivity index (χ0v) is 26.9. The van der Waals surface area contributed by atoms with E-state index in [1.807, 2.05) is 4.90 Å². The number of benzene rings is 1. The van der Waals surface area contributed by atoms with Crippen LogP contribution in [0.1, 0.15) is 51.5 Å². The van der Waals surface area contributed by atoms with Gasteiger partial charge in [-0.1, -0.05) is 12.1 Å². The molecule has 3 fully saturated rings. The lowest BCUT2D eigenvalue weighted by molar-refractivity contribution is -0.134. The van der Waals surface area contributed by atoms with E-state index in [2.05, 4.69) is 16.0 Å². The van der Waals surface area contributed by atoms with E-state index in [1.165, 1.54) is 0 Å². The maximum absolute atomic E-state index is 13.9. The number of rotatable bonds is 15. The number of Topliss-reactive ketones (excluding diaryl/α,β-unsaturated/α-hetero) is 1. The van der Waals surface area contributed by atoms with Gasteiger partial charge in [0, 0.05) is 19.5 Å². The van der Waals surface area contributed by atoms with E-state index in [4.69, 9.17) is 24.7 Å². The molecule has 0 unspecified atom stereocenters. The van der Waals surface area contributed by atoms with Crippen LogP contribution in [0.2, 0.25) is 0 Å². The van der Waals surface area contributed by atoms with Gasteiger partial charge in [0.2, 0.25) is 17.7 Å². The van der Waals surface area contributed by atoms with Crippen LogP contribution in [0, 0.1) is 5.92 Å². The zero-order valence-electron chi connectivity index (χ0n) is 26.9. The van der Waals surface area contributed by atoms with Crippen LogP contribution >= 0.6 is 0 Å². The smallest absolute Gasteiger partial charge is 0.404 e. The lowest BCUT2D eigenvalue weighted by Crippen LogP contribution is -2.57. The first-order valence-electron chi connectivity index (χ1n) is 15.9. The topological polar surface area (TPSA) is 191 Å². The Balaban J connectivity index is 1.43. The molecule has 1 saturated carbocycles. The van der Waals surface area contributed by atoms with E-state index in [0.717, 1.165) is 5.56 Å². The molecule has 14 nitrogen and oxygen atoms in total. The van der Waals surface area contributed by atoms with Crippen LogP contribution in [0.5, 0.6) is 5.75 Å². The maximum atomic E-state index is 13.9. The number of nitrogens with one attached hydrogen (secondary N) is 3. The van der Waals surface area contributed by atoms with Crippen molar-refractivity contribution in [2.75, 3.05) is 46.6 Å². The molecule has 2 aliphatic heterocycles. The van der Waals surface area contributed by atoms with Crippen LogP contribution in [0.3, 0.4) is 0 Å². The normalized spacial score (nSPS) is 24.8. The summed E-state index contributed by atoms with van der Waals surface area (Å²) in [7, 11) is 1.55. The molecule has 0 aromatic heterocycles. The van der Waals surface area contributed by atoms with Gasteiger partial charge in [-0.2, -0.15) is 0 Å². The van der Waals surface area contributed by atoms with Gasteiger partial charge in [-0.05, 0) is 69.6 Å². The Morgan fingerprint density at radius 3 is 2.20 bits per heavy atom. The molecule has 4 atom stereocenters. The largest absolute Gasteiger partial charge is 0.497 e. The minimum atomic E-state index is -1.04. The van der Waals surface area contributed by atoms with Crippen molar-refractivity contribution in [3.05, 3.63) is 29.8 Å². The lowest BCUT2D eigenvalue weighted by atomic mass is 9.81. The van der Waals surface area contributed by atoms with Crippen molar-refractivity contribution < 1.29 is 42.9 Å². The van der Waals surface area contributed by atoms with Crippen molar-refractivity contribution in [2.45, 2.75) is 82.2 Å². The molecule has 2 heterocycles. The first kappa shape index (κ1) is 35.1. The SMILES string of the molecule is COc1ccc(C[C@H](NC(=O)[C@H](C)NC(=O)CN2CCOCC2)C(=O)N[C@@H](C[C@H]2CC[C@H](OC(N)=O)CC2)C(=O)[C@@]2(C)CO2)cc1. The number of ether oxygens (including phenoxy) is 4. The number of carbonyl (C=O) groups excluding carboxylic acids is 5. The fourth-order valence-electron chi connectivity index (χ4n) is 5.92. The van der Waals surface area contributed by atoms with E-state index in [1.54, 1.807) is 45.2 Å². The summed E-state index contributed by atoms with van der Waals surface area (Å²) in [6.07, 6.45) is 2.07. The van der Waals surface area contributed by atoms with Gasteiger partial charge in [-0.3, -0.25) is 24.1 Å². The Morgan fingerprint density at radius 1 is 0.978 bits per heavy atom. The molecule has 4 amide bonds. The zero-order chi connectivity index (χ0) is 33.3. The monoisotopic (exact) mass is 645 g/mol. The van der Waals surface area contributed by atoms with Crippen LogP contribution < -0.4 is 26.4 Å². The van der Waals surface area contributed by atoms with Gasteiger partial charge in [0.15, 0.2) is 5.78 Å². The fourth-order valence-corrected chi connectivity index (χ4v) is 5.92. The highest BCUT2D eigenvalue weighted by atomic mass is 16.6. The summed E-state index contributed by atoms with van der Waals surface area (Å²) in [6.45, 7) is 6.02. The third kappa shape index (κ3) is 10.4. The van der Waals surface area contributed by atoms with E-state index in [0.29, 0.717) is 64.2 Å². The molecule has 5 N–H and O–H groups in total. The summed E-state index contributed by atoms with van der Waals surface area (Å²) in [5.74, 6) is -0.846. The van der Waals surface area contributed by atoms with Crippen LogP contribution in [0.4, 0.5) is 4.79 Å². The van der Waals surface area contributed by atoms with Gasteiger partial charge >= 0.3 is 6.09 Å². The molecule has 4 rings (SSSR count). The second-order valence-corrected chi connectivity index (χ2v) is 12.6. The van der Waals surface area contributed by atoms with Crippen molar-refractivity contribution in [1.29, 1.82) is 0 Å². The number of morpholine rings is 1. The molecule has 14 heteroatoms. The number of hydrogen-bond acceptors (Lipinski definition) is 10. The Labute approximate surface area is 269 Å². The van der Waals surface area contributed by atoms with Gasteiger partial charge in [-0.25, -0.2) is 4.79 Å². The van der Waals surface area contributed by atoms with Crippen LogP contribution in [0.25, 0.3) is 0 Å². The molecule has 0 radical (unpaired) electrons. The number of hydrogen-bond donors (Lipinski definition) is 4. The minimum absolute atomic E-state index is 0.0978. The molecule has 1 aromatic rings. The molecule has 46 heavy (non-hydrogen) atoms. The molecule has 1 aromatic carbocycles. The molecule has 2 saturated heterocycles. The summed E-state index contributed by atoms with van der Waals surface area (Å²) in [6, 6.07) is 4.32. The lowest BCUT2D eigenvalue weighted by Gasteiger charge is -2.31. The number of carbonyl (C=O) groups is 5. The van der Waals surface area contributed by atoms with Crippen molar-refractivity contribution in [3.63, 3.8) is 0 Å². The standard InChI is InChI=1S/C32H47N5O9/c1-20(34-27(38)18-37-12-14-44-15-13-37)29(40)36-26(17-22-4-8-23(43-3)9-5-22)30(41)35-25(28(39)32(2)19-45-32)16-21-6-10-24(11-7-21)46-31(33)42/h4-5,8-9,20-21,24-26H,6-7,10-19H2,1-3H3,(H2,33,42)(H,34,38)(H,35,41)(H,36,40)/t20-,21-,24-,25-,26-,32+/m0/s1. The second-order valence-electron chi connectivity index (χ2n) is 12.6. The first-order chi connectivity index (χ1) is 22.0. The summed E-state index contributed by atoms with van der Waals surface area (Å²) in [4.78, 5) is 66.4. The molecule has 1 aliphatic carbocycles. The summed E-state index contributed by atoms with van der Waals surface area (Å²) < 4.78 is 21.1. The maximum Gasteiger partial charge on any atom is 0.404 e. The summed E-state index contributed by atoms with van der Waals surface area (Å²) in [5.41, 5.74) is 4.96. The summed E-state index contributed by atoms with van der Waals surface area (Å²) in [5, 5.41) is 8.43. The highest BCUT2D eigenvalue weighted by Gasteiger charge is 2.50. The Bertz CT molecular complexity index is 1220. The fraction of sp³-hybridized carbons (Fsp3) is 0.656. The predicted molar refractivity (Wildman–Crippen MR) is 166 cm³/mol. The number of nitrogens with zero attached hydrogens (tertiary/aromatic N) is 1. The van der Waals surface area contributed by atoms with E-state index >= 15 is 0 Å². The van der Waals surface area contributed by atoms with Crippen LogP contribution in [-0.2, 0) is 39.8 Å². The van der Waals surface area contributed by atoms with Crippen molar-refractivity contribution >= 4 is 29.6 Å². The number of epoxide rings is 1. The average molecular weight is 646 g/mol. The average Bonchev–Trinajstić information content (AvgIpc) is 3.79. The molecular formula is C32H47N5O9. The molecule has 254 valence electrons. The Morgan fingerprint density at radius 2 is 1.61 bits per heavy atom. The molecular weight excluding hydrogens is 598 g/mol. The van der Waals surface area contributed by atoms with Gasteiger partial charge < -0.3 is 40.6 Å². The predicted octanol–water partition coefficient (Wildman–Crippen LogP) is 0.446. The number of primary amides is 1. The van der Waals surface area contributed by atoms with Crippen LogP contribution in [0.15, 0.2) is 24.3 Å². The highest BCUT2D eigenvalue weighted by molar-refractivity contribution is 5.98. The van der Waals surface area contributed by atoms with Crippen molar-refractivity contribution in [1.82, 2.24) is 20.9 Å². The van der Waals surface area contributed by atoms with E-state index < -0.39 is 41.6 Å². The Hall–Kier alpha value is -3.75. The highest BCUT2D eigenvalue weighted by Crippen LogP contribution is 2.33. The third-order valence-corrected chi connectivity index (χ3v) is 8.85. The third-order valence-electron chi connectivity index (χ3n) is 8.85. The molecule has 0 spiro atoms. The van der Waals surface area contributed by atoms with E-state index in [9.17, 15) is 24.0 Å². The van der Waals surface area contributed by atoms with Gasteiger partial charge in [-0.15, -0.1) is 0 Å². The Kier molecular flexibility index (Phi) is 12.4. The van der Waals surface area contributed by atoms with Gasteiger partial charge in [0.25, 0.3) is 0 Å². The van der Waals surface area contributed by atoms with Crippen LogP contribution in [-0.4, -0.2) is 111 Å². The molecule has 0 bridgehead atoms. The van der Waals surface area contributed by atoms with Gasteiger partial charge in [0.1, 0.15) is 29.5 Å². The number of nitrogens with two attached hydrogens (primary N) is 1. The second kappa shape index (κ2) is 16.2. The van der Waals surface area contributed by atoms with E-state index in [-0.39, 0.29) is 43.3 Å². The number of amides is 4. The van der Waals surface area contributed by atoms with Crippen molar-refractivity contribution in [3.8, 4) is 5.75 Å². The molecule has 3 aliphatic rings. The quantitative estimate of drug-likeness (QED) is 0.195. The summed E-state index contributed by atoms with van der Waals surface area (Å²) >= 11 is 0. The minimum Gasteiger partial charge on any atom is -0.497 e. The number of methoxy groups -OCH3 is 1. The number of ketones is 1. The van der Waals surface area contributed by atoms with Gasteiger partial charge in [0.05, 0.1) is 39.5 Å².